The monoisotopic (exact) mass is 549 g/mol. The van der Waals surface area contributed by atoms with Crippen LogP contribution in [0.15, 0.2) is 12.1 Å². The summed E-state index contributed by atoms with van der Waals surface area (Å²) in [6.45, 7) is 3.54. The van der Waals surface area contributed by atoms with Crippen molar-refractivity contribution in [3.05, 3.63) is 51.3 Å². The molecule has 1 fully saturated rings. The van der Waals surface area contributed by atoms with Crippen LogP contribution in [0.4, 0.5) is 14.5 Å². The molecule has 2 heterocycles. The summed E-state index contributed by atoms with van der Waals surface area (Å²) < 4.78 is 34.3. The summed E-state index contributed by atoms with van der Waals surface area (Å²) in [5, 5.41) is 5.12. The molecule has 2 N–H and O–H groups in total. The van der Waals surface area contributed by atoms with Crippen molar-refractivity contribution in [2.45, 2.75) is 70.9 Å². The van der Waals surface area contributed by atoms with Gasteiger partial charge in [-0.3, -0.25) is 19.2 Å². The van der Waals surface area contributed by atoms with Gasteiger partial charge in [0.05, 0.1) is 17.7 Å². The van der Waals surface area contributed by atoms with Gasteiger partial charge in [0.1, 0.15) is 17.3 Å². The standard InChI is InChI=1S/C27H30ClF2N3O5/c1-14-17(29)12-16(13-18(14)30)31-25(36)21-19-5-4-10-33(19)23(22(21)28)24(35)26(37)32-27(2)8-6-15(7-9-27)11-20(34)38-3/h12-13,15H,4-11H2,1-3H3,(H,31,36)(H,32,37). The van der Waals surface area contributed by atoms with Gasteiger partial charge in [-0.2, -0.15) is 0 Å². The van der Waals surface area contributed by atoms with Gasteiger partial charge in [-0.1, -0.05) is 11.6 Å². The number of hydrogen-bond acceptors (Lipinski definition) is 5. The molecule has 1 aliphatic carbocycles. The zero-order valence-electron chi connectivity index (χ0n) is 21.5. The van der Waals surface area contributed by atoms with E-state index in [2.05, 4.69) is 10.6 Å². The van der Waals surface area contributed by atoms with Crippen molar-refractivity contribution in [3.63, 3.8) is 0 Å². The second-order valence-corrected chi connectivity index (χ2v) is 10.7. The first-order valence-corrected chi connectivity index (χ1v) is 12.9. The molecule has 204 valence electrons. The van der Waals surface area contributed by atoms with Gasteiger partial charge in [-0.25, -0.2) is 8.78 Å². The van der Waals surface area contributed by atoms with Crippen molar-refractivity contribution in [1.82, 2.24) is 9.88 Å². The SMILES string of the molecule is COC(=O)CC1CCC(C)(NC(=O)C(=O)c2c(Cl)c(C(=O)Nc3cc(F)c(C)c(F)c3)c3n2CCC3)CC1. The third-order valence-electron chi connectivity index (χ3n) is 7.60. The highest BCUT2D eigenvalue weighted by atomic mass is 35.5. The minimum absolute atomic E-state index is 0.0104. The molecule has 1 aliphatic heterocycles. The maximum Gasteiger partial charge on any atom is 0.305 e. The number of nitrogens with one attached hydrogen (secondary N) is 2. The lowest BCUT2D eigenvalue weighted by atomic mass is 9.76. The van der Waals surface area contributed by atoms with Crippen molar-refractivity contribution < 1.29 is 32.7 Å². The van der Waals surface area contributed by atoms with Gasteiger partial charge in [0.15, 0.2) is 0 Å². The number of Topliss-reactive ketones (excluding diaryl/α,β-unsaturated/α-hetero) is 1. The minimum Gasteiger partial charge on any atom is -0.469 e. The maximum absolute atomic E-state index is 14.0. The second kappa shape index (κ2) is 10.8. The number of esters is 1. The molecule has 2 aliphatic rings. The summed E-state index contributed by atoms with van der Waals surface area (Å²) >= 11 is 6.52. The van der Waals surface area contributed by atoms with E-state index in [4.69, 9.17) is 16.3 Å². The normalized spacial score (nSPS) is 20.5. The summed E-state index contributed by atoms with van der Waals surface area (Å²) in [4.78, 5) is 51.0. The van der Waals surface area contributed by atoms with Crippen LogP contribution >= 0.6 is 11.6 Å². The molecule has 0 unspecified atom stereocenters. The van der Waals surface area contributed by atoms with Crippen LogP contribution in [-0.2, 0) is 27.3 Å². The molecule has 0 atom stereocenters. The van der Waals surface area contributed by atoms with Crippen LogP contribution in [0.1, 0.15) is 77.6 Å². The fourth-order valence-electron chi connectivity index (χ4n) is 5.31. The van der Waals surface area contributed by atoms with E-state index < -0.39 is 34.8 Å². The molecule has 38 heavy (non-hydrogen) atoms. The van der Waals surface area contributed by atoms with E-state index in [0.717, 1.165) is 12.1 Å². The molecule has 0 spiro atoms. The van der Waals surface area contributed by atoms with Gasteiger partial charge < -0.3 is 19.9 Å². The number of methoxy groups -OCH3 is 1. The van der Waals surface area contributed by atoms with E-state index in [1.54, 1.807) is 4.57 Å². The molecule has 2 amide bonds. The summed E-state index contributed by atoms with van der Waals surface area (Å²) in [5.74, 6) is -4.15. The second-order valence-electron chi connectivity index (χ2n) is 10.3. The highest BCUT2D eigenvalue weighted by molar-refractivity contribution is 6.48. The van der Waals surface area contributed by atoms with Crippen LogP contribution in [-0.4, -0.2) is 40.8 Å². The van der Waals surface area contributed by atoms with Gasteiger partial charge in [0.25, 0.3) is 17.6 Å². The topological polar surface area (TPSA) is 106 Å². The first-order chi connectivity index (χ1) is 17.9. The predicted molar refractivity (Wildman–Crippen MR) is 136 cm³/mol. The number of aromatic nitrogens is 1. The molecular weight excluding hydrogens is 520 g/mol. The Labute approximate surface area is 224 Å². The molecule has 1 saturated carbocycles. The zero-order valence-corrected chi connectivity index (χ0v) is 22.3. The maximum atomic E-state index is 14.0. The summed E-state index contributed by atoms with van der Waals surface area (Å²) in [5.41, 5.74) is -0.471. The predicted octanol–water partition coefficient (Wildman–Crippen LogP) is 4.74. The first-order valence-electron chi connectivity index (χ1n) is 12.6. The van der Waals surface area contributed by atoms with Crippen LogP contribution in [0, 0.1) is 24.5 Å². The fourth-order valence-corrected chi connectivity index (χ4v) is 5.69. The lowest BCUT2D eigenvalue weighted by molar-refractivity contribution is -0.142. The molecule has 4 rings (SSSR count). The molecule has 11 heteroatoms. The van der Waals surface area contributed by atoms with Crippen LogP contribution < -0.4 is 10.6 Å². The molecule has 0 radical (unpaired) electrons. The number of fused-ring (bicyclic) bond motifs is 1. The number of ether oxygens (including phenoxy) is 1. The third-order valence-corrected chi connectivity index (χ3v) is 7.97. The van der Waals surface area contributed by atoms with Gasteiger partial charge in [-0.05, 0) is 70.4 Å². The molecule has 1 aromatic carbocycles. The van der Waals surface area contributed by atoms with Crippen molar-refractivity contribution in [2.75, 3.05) is 12.4 Å². The Bertz CT molecular complexity index is 1290. The van der Waals surface area contributed by atoms with E-state index in [1.165, 1.54) is 14.0 Å². The van der Waals surface area contributed by atoms with E-state index in [9.17, 15) is 28.0 Å². The van der Waals surface area contributed by atoms with Gasteiger partial charge >= 0.3 is 5.97 Å². The Morgan fingerprint density at radius 1 is 1.16 bits per heavy atom. The average Bonchev–Trinajstić information content (AvgIpc) is 3.42. The highest BCUT2D eigenvalue weighted by Crippen LogP contribution is 2.36. The lowest BCUT2D eigenvalue weighted by Crippen LogP contribution is -2.50. The van der Waals surface area contributed by atoms with Crippen molar-refractivity contribution in [3.8, 4) is 0 Å². The Kier molecular flexibility index (Phi) is 7.92. The molecule has 2 aromatic rings. The molecule has 8 nitrogen and oxygen atoms in total. The Morgan fingerprint density at radius 2 is 1.79 bits per heavy atom. The van der Waals surface area contributed by atoms with E-state index in [-0.39, 0.29) is 39.4 Å². The number of rotatable bonds is 7. The van der Waals surface area contributed by atoms with Gasteiger partial charge in [0.2, 0.25) is 0 Å². The van der Waals surface area contributed by atoms with Crippen molar-refractivity contribution in [1.29, 1.82) is 0 Å². The number of anilines is 1. The number of benzene rings is 1. The minimum atomic E-state index is -0.859. The smallest absolute Gasteiger partial charge is 0.305 e. The van der Waals surface area contributed by atoms with Crippen LogP contribution in [0.5, 0.6) is 0 Å². The number of halogens is 3. The van der Waals surface area contributed by atoms with Gasteiger partial charge in [0, 0.05) is 35.4 Å². The average molecular weight is 550 g/mol. The zero-order chi connectivity index (χ0) is 27.8. The molecule has 0 saturated heterocycles. The largest absolute Gasteiger partial charge is 0.469 e. The van der Waals surface area contributed by atoms with Crippen LogP contribution in [0.25, 0.3) is 0 Å². The lowest BCUT2D eigenvalue weighted by Gasteiger charge is -2.37. The Morgan fingerprint density at radius 3 is 2.39 bits per heavy atom. The third kappa shape index (κ3) is 5.45. The number of ketones is 1. The van der Waals surface area contributed by atoms with E-state index >= 15 is 0 Å². The fraction of sp³-hybridized carbons (Fsp3) is 0.481. The van der Waals surface area contributed by atoms with Crippen molar-refractivity contribution >= 4 is 40.9 Å². The van der Waals surface area contributed by atoms with Crippen molar-refractivity contribution in [2.24, 2.45) is 5.92 Å². The quantitative estimate of drug-likeness (QED) is 0.295. The molecule has 1 aromatic heterocycles. The van der Waals surface area contributed by atoms with Gasteiger partial charge in [-0.15, -0.1) is 0 Å². The van der Waals surface area contributed by atoms with Crippen LogP contribution in [0.3, 0.4) is 0 Å². The summed E-state index contributed by atoms with van der Waals surface area (Å²) in [7, 11) is 1.35. The van der Waals surface area contributed by atoms with E-state index in [0.29, 0.717) is 57.2 Å². The summed E-state index contributed by atoms with van der Waals surface area (Å²) in [6.07, 6.45) is 3.99. The Balaban J connectivity index is 1.51. The Hall–Kier alpha value is -3.27. The van der Waals surface area contributed by atoms with E-state index in [1.807, 2.05) is 6.92 Å². The summed E-state index contributed by atoms with van der Waals surface area (Å²) in [6, 6.07) is 2.00. The molecule has 0 bridgehead atoms. The number of carbonyl (C=O) groups excluding carboxylic acids is 4. The van der Waals surface area contributed by atoms with Crippen LogP contribution in [0.2, 0.25) is 5.02 Å². The number of nitrogens with zero attached hydrogens (tertiary/aromatic N) is 1. The number of hydrogen-bond donors (Lipinski definition) is 2. The molecular formula is C27H30ClF2N3O5. The highest BCUT2D eigenvalue weighted by Gasteiger charge is 2.38. The first kappa shape index (κ1) is 27.8. The number of carbonyl (C=O) groups is 4. The number of amides is 2.